The molecule has 0 unspecified atom stereocenters. The predicted octanol–water partition coefficient (Wildman–Crippen LogP) is 1.75. The number of benzene rings is 1. The van der Waals surface area contributed by atoms with E-state index in [1.54, 1.807) is 36.1 Å². The molecule has 1 saturated heterocycles. The number of carbonyl (C=O) groups excluding carboxylic acids is 1. The maximum atomic E-state index is 12.9. The Morgan fingerprint density at radius 1 is 0.938 bits per heavy atom. The molecule has 1 aromatic carbocycles. The number of rotatable bonds is 5. The lowest BCUT2D eigenvalue weighted by Crippen LogP contribution is -2.49. The van der Waals surface area contributed by atoms with Crippen molar-refractivity contribution in [2.75, 3.05) is 31.1 Å². The molecule has 1 aliphatic heterocycles. The van der Waals surface area contributed by atoms with Gasteiger partial charge in [-0.05, 0) is 13.0 Å². The fraction of sp³-hybridized carbons (Fsp3) is 0.263. The Bertz CT molecular complexity index is 1160. The number of hydrogen-bond acceptors (Lipinski definition) is 9. The second-order valence-electron chi connectivity index (χ2n) is 7.11. The lowest BCUT2D eigenvalue weighted by Gasteiger charge is -2.35. The number of hydrogen-bond donors (Lipinski definition) is 0. The summed E-state index contributed by atoms with van der Waals surface area (Å²) < 4.78 is 1.63. The minimum absolute atomic E-state index is 0.0850. The highest BCUT2D eigenvalue weighted by Gasteiger charge is 2.27. The highest BCUT2D eigenvalue weighted by molar-refractivity contribution is 5.95. The van der Waals surface area contributed by atoms with Gasteiger partial charge >= 0.3 is 0 Å². The molecule has 164 valence electrons. The summed E-state index contributed by atoms with van der Waals surface area (Å²) in [5.41, 5.74) is -1.08. The van der Waals surface area contributed by atoms with Gasteiger partial charge in [0, 0.05) is 56.8 Å². The van der Waals surface area contributed by atoms with E-state index in [1.807, 2.05) is 4.90 Å². The van der Waals surface area contributed by atoms with Crippen molar-refractivity contribution < 1.29 is 14.6 Å². The molecule has 0 saturated carbocycles. The average molecular weight is 438 g/mol. The molecule has 0 spiro atoms. The number of nitro benzene ring substituents is 2. The van der Waals surface area contributed by atoms with Gasteiger partial charge in [0.15, 0.2) is 5.82 Å². The molecule has 0 bridgehead atoms. The third-order valence-electron chi connectivity index (χ3n) is 5.01. The van der Waals surface area contributed by atoms with Gasteiger partial charge in [-0.1, -0.05) is 0 Å². The van der Waals surface area contributed by atoms with Gasteiger partial charge < -0.3 is 9.80 Å². The summed E-state index contributed by atoms with van der Waals surface area (Å²) in [4.78, 5) is 46.0. The maximum Gasteiger partial charge on any atom is 0.277 e. The number of aryl methyl sites for hydroxylation is 1. The normalized spacial score (nSPS) is 13.8. The van der Waals surface area contributed by atoms with Crippen LogP contribution in [0.4, 0.5) is 17.2 Å². The third kappa shape index (κ3) is 4.21. The lowest BCUT2D eigenvalue weighted by molar-refractivity contribution is -0.394. The van der Waals surface area contributed by atoms with Gasteiger partial charge in [0.1, 0.15) is 11.6 Å². The smallest absolute Gasteiger partial charge is 0.277 e. The van der Waals surface area contributed by atoms with Crippen LogP contribution in [0.5, 0.6) is 0 Å². The van der Waals surface area contributed by atoms with Crippen LogP contribution in [0, 0.1) is 27.2 Å². The van der Waals surface area contributed by atoms with Crippen LogP contribution < -0.4 is 4.90 Å². The van der Waals surface area contributed by atoms with Crippen LogP contribution >= 0.6 is 0 Å². The highest BCUT2D eigenvalue weighted by atomic mass is 16.6. The topological polar surface area (TPSA) is 153 Å². The molecule has 1 fully saturated rings. The van der Waals surface area contributed by atoms with Crippen molar-refractivity contribution in [1.29, 1.82) is 0 Å². The number of carbonyl (C=O) groups is 1. The van der Waals surface area contributed by atoms with Crippen molar-refractivity contribution in [3.8, 4) is 5.82 Å². The van der Waals surface area contributed by atoms with Gasteiger partial charge in [-0.25, -0.2) is 14.6 Å². The molecule has 4 rings (SSSR count). The quantitative estimate of drug-likeness (QED) is 0.428. The molecule has 3 aromatic rings. The van der Waals surface area contributed by atoms with Crippen LogP contribution in [-0.4, -0.2) is 66.6 Å². The zero-order valence-electron chi connectivity index (χ0n) is 17.0. The number of non-ortho nitro benzene ring substituents is 2. The summed E-state index contributed by atoms with van der Waals surface area (Å²) in [5.74, 6) is 1.41. The fourth-order valence-electron chi connectivity index (χ4n) is 3.47. The SMILES string of the molecule is Cc1nc(N2CCN(C(=O)c3cc([N+](=O)[O-])cc([N+](=O)[O-])c3)CC2)cc(-n2cccn2)n1. The van der Waals surface area contributed by atoms with E-state index in [4.69, 9.17) is 0 Å². The first-order valence-electron chi connectivity index (χ1n) is 9.65. The van der Waals surface area contributed by atoms with Crippen LogP contribution in [0.25, 0.3) is 5.82 Å². The summed E-state index contributed by atoms with van der Waals surface area (Å²) in [7, 11) is 0. The number of nitrogens with zero attached hydrogens (tertiary/aromatic N) is 8. The molecule has 0 atom stereocenters. The zero-order valence-corrected chi connectivity index (χ0v) is 17.0. The minimum Gasteiger partial charge on any atom is -0.353 e. The molecule has 1 amide bonds. The molecule has 0 N–H and O–H groups in total. The van der Waals surface area contributed by atoms with Crippen molar-refractivity contribution in [2.45, 2.75) is 6.92 Å². The maximum absolute atomic E-state index is 12.9. The number of nitro groups is 2. The molecular formula is C19H18N8O5. The average Bonchev–Trinajstić information content (AvgIpc) is 3.33. The van der Waals surface area contributed by atoms with Gasteiger partial charge in [0.25, 0.3) is 17.3 Å². The van der Waals surface area contributed by atoms with Gasteiger partial charge in [0.2, 0.25) is 0 Å². The van der Waals surface area contributed by atoms with Crippen LogP contribution in [0.1, 0.15) is 16.2 Å². The zero-order chi connectivity index (χ0) is 22.8. The van der Waals surface area contributed by atoms with Crippen molar-refractivity contribution in [3.63, 3.8) is 0 Å². The second-order valence-corrected chi connectivity index (χ2v) is 7.11. The molecule has 13 heteroatoms. The molecular weight excluding hydrogens is 420 g/mol. The monoisotopic (exact) mass is 438 g/mol. The van der Waals surface area contributed by atoms with Crippen LogP contribution in [0.3, 0.4) is 0 Å². The Kier molecular flexibility index (Phi) is 5.45. The van der Waals surface area contributed by atoms with Crippen LogP contribution in [0.2, 0.25) is 0 Å². The highest BCUT2D eigenvalue weighted by Crippen LogP contribution is 2.24. The van der Waals surface area contributed by atoms with E-state index in [0.717, 1.165) is 18.2 Å². The van der Waals surface area contributed by atoms with E-state index < -0.39 is 27.1 Å². The summed E-state index contributed by atoms with van der Waals surface area (Å²) in [5, 5.41) is 26.4. The Labute approximate surface area is 181 Å². The standard InChI is InChI=1S/C19H18N8O5/c1-13-21-17(12-18(22-13)25-4-2-3-20-25)23-5-7-24(8-6-23)19(28)14-9-15(26(29)30)11-16(10-14)27(31)32/h2-4,9-12H,5-8H2,1H3. The van der Waals surface area contributed by atoms with Crippen molar-refractivity contribution in [2.24, 2.45) is 0 Å². The van der Waals surface area contributed by atoms with E-state index in [2.05, 4.69) is 15.1 Å². The van der Waals surface area contributed by atoms with Crippen molar-refractivity contribution >= 4 is 23.1 Å². The first-order valence-corrected chi connectivity index (χ1v) is 9.65. The molecule has 0 aliphatic carbocycles. The van der Waals surface area contributed by atoms with Gasteiger partial charge in [0.05, 0.1) is 21.5 Å². The molecule has 32 heavy (non-hydrogen) atoms. The summed E-state index contributed by atoms with van der Waals surface area (Å²) in [6.45, 7) is 3.38. The first-order chi connectivity index (χ1) is 15.3. The number of piperazine rings is 1. The Morgan fingerprint density at radius 2 is 1.56 bits per heavy atom. The van der Waals surface area contributed by atoms with E-state index >= 15 is 0 Å². The van der Waals surface area contributed by atoms with E-state index in [0.29, 0.717) is 43.6 Å². The first kappa shape index (κ1) is 20.8. The second kappa shape index (κ2) is 8.37. The van der Waals surface area contributed by atoms with E-state index in [9.17, 15) is 25.0 Å². The van der Waals surface area contributed by atoms with E-state index in [1.165, 1.54) is 4.90 Å². The lowest BCUT2D eigenvalue weighted by atomic mass is 10.1. The molecule has 13 nitrogen and oxygen atoms in total. The predicted molar refractivity (Wildman–Crippen MR) is 112 cm³/mol. The largest absolute Gasteiger partial charge is 0.353 e. The van der Waals surface area contributed by atoms with Gasteiger partial charge in [-0.2, -0.15) is 5.10 Å². The Morgan fingerprint density at radius 3 is 2.12 bits per heavy atom. The van der Waals surface area contributed by atoms with E-state index in [-0.39, 0.29) is 5.56 Å². The van der Waals surface area contributed by atoms with Crippen molar-refractivity contribution in [1.82, 2.24) is 24.6 Å². The van der Waals surface area contributed by atoms with Gasteiger partial charge in [-0.15, -0.1) is 0 Å². The van der Waals surface area contributed by atoms with Crippen molar-refractivity contribution in [3.05, 3.63) is 74.3 Å². The fourth-order valence-corrected chi connectivity index (χ4v) is 3.47. The Hall–Kier alpha value is -4.42. The number of amides is 1. The summed E-state index contributed by atoms with van der Waals surface area (Å²) >= 11 is 0. The number of anilines is 1. The molecule has 0 radical (unpaired) electrons. The number of aromatic nitrogens is 4. The molecule has 3 heterocycles. The third-order valence-corrected chi connectivity index (χ3v) is 5.01. The summed E-state index contributed by atoms with van der Waals surface area (Å²) in [6.07, 6.45) is 3.43. The van der Waals surface area contributed by atoms with Crippen LogP contribution in [-0.2, 0) is 0 Å². The molecule has 2 aromatic heterocycles. The van der Waals surface area contributed by atoms with Crippen LogP contribution in [0.15, 0.2) is 42.7 Å². The minimum atomic E-state index is -0.754. The summed E-state index contributed by atoms with van der Waals surface area (Å²) in [6, 6.07) is 6.56. The molecule has 1 aliphatic rings. The van der Waals surface area contributed by atoms with Gasteiger partial charge in [-0.3, -0.25) is 25.0 Å². The Balaban J connectivity index is 1.50.